The van der Waals surface area contributed by atoms with Crippen molar-refractivity contribution in [2.75, 3.05) is 17.7 Å². The minimum absolute atomic E-state index is 0.267. The number of aromatic nitrogens is 3. The van der Waals surface area contributed by atoms with Gasteiger partial charge in [0, 0.05) is 41.1 Å². The highest BCUT2D eigenvalue weighted by atomic mass is 16.5. The van der Waals surface area contributed by atoms with Crippen LogP contribution in [0, 0.1) is 0 Å². The third-order valence-electron chi connectivity index (χ3n) is 5.66. The Labute approximate surface area is 213 Å². The molecule has 0 atom stereocenters. The topological polar surface area (TPSA) is 98.1 Å². The number of nitrogens with zero attached hydrogens (tertiary/aromatic N) is 3. The minimum atomic E-state index is -0.328. The van der Waals surface area contributed by atoms with Crippen LogP contribution in [-0.2, 0) is 0 Å². The van der Waals surface area contributed by atoms with Crippen molar-refractivity contribution in [3.05, 3.63) is 121 Å². The van der Waals surface area contributed by atoms with E-state index in [2.05, 4.69) is 15.6 Å². The lowest BCUT2D eigenvalue weighted by molar-refractivity contribution is 0.101. The molecule has 2 amide bonds. The summed E-state index contributed by atoms with van der Waals surface area (Å²) < 4.78 is 6.95. The zero-order valence-corrected chi connectivity index (χ0v) is 20.0. The van der Waals surface area contributed by atoms with Crippen LogP contribution in [-0.4, -0.2) is 33.7 Å². The van der Waals surface area contributed by atoms with Gasteiger partial charge in [-0.3, -0.25) is 14.6 Å². The molecule has 0 bridgehead atoms. The van der Waals surface area contributed by atoms with Gasteiger partial charge in [-0.05, 0) is 66.7 Å². The third kappa shape index (κ3) is 5.38. The molecule has 0 radical (unpaired) electrons. The lowest BCUT2D eigenvalue weighted by atomic mass is 10.1. The van der Waals surface area contributed by atoms with E-state index in [0.717, 1.165) is 11.3 Å². The molecule has 0 fully saturated rings. The summed E-state index contributed by atoms with van der Waals surface area (Å²) in [5, 5.41) is 10.5. The number of para-hydroxylation sites is 1. The third-order valence-corrected chi connectivity index (χ3v) is 5.66. The number of benzene rings is 3. The van der Waals surface area contributed by atoms with Crippen LogP contribution in [0.1, 0.15) is 20.7 Å². The van der Waals surface area contributed by atoms with Gasteiger partial charge in [-0.25, -0.2) is 4.68 Å². The van der Waals surface area contributed by atoms with Crippen LogP contribution >= 0.6 is 0 Å². The predicted octanol–water partition coefficient (Wildman–Crippen LogP) is 5.45. The lowest BCUT2D eigenvalue weighted by Crippen LogP contribution is -2.14. The maximum absolute atomic E-state index is 13.4. The first-order valence-corrected chi connectivity index (χ1v) is 11.5. The average Bonchev–Trinajstić information content (AvgIpc) is 3.40. The van der Waals surface area contributed by atoms with E-state index in [0.29, 0.717) is 33.9 Å². The monoisotopic (exact) mass is 489 g/mol. The van der Waals surface area contributed by atoms with Crippen molar-refractivity contribution in [2.45, 2.75) is 0 Å². The number of methoxy groups -OCH3 is 1. The van der Waals surface area contributed by atoms with Crippen LogP contribution in [0.15, 0.2) is 110 Å². The van der Waals surface area contributed by atoms with Crippen LogP contribution in [0.5, 0.6) is 5.75 Å². The van der Waals surface area contributed by atoms with Gasteiger partial charge >= 0.3 is 0 Å². The first-order chi connectivity index (χ1) is 18.1. The van der Waals surface area contributed by atoms with Crippen molar-refractivity contribution in [1.29, 1.82) is 0 Å². The second kappa shape index (κ2) is 10.6. The van der Waals surface area contributed by atoms with Crippen molar-refractivity contribution in [1.82, 2.24) is 14.8 Å². The first-order valence-electron chi connectivity index (χ1n) is 11.5. The summed E-state index contributed by atoms with van der Waals surface area (Å²) >= 11 is 0. The molecule has 2 N–H and O–H groups in total. The van der Waals surface area contributed by atoms with Gasteiger partial charge in [-0.15, -0.1) is 0 Å². The Balaban J connectivity index is 1.42. The van der Waals surface area contributed by atoms with E-state index >= 15 is 0 Å². The smallest absolute Gasteiger partial charge is 0.259 e. The summed E-state index contributed by atoms with van der Waals surface area (Å²) in [4.78, 5) is 29.9. The van der Waals surface area contributed by atoms with Crippen LogP contribution in [0.4, 0.5) is 11.4 Å². The van der Waals surface area contributed by atoms with E-state index < -0.39 is 0 Å². The number of nitrogens with one attached hydrogen (secondary N) is 2. The first kappa shape index (κ1) is 23.5. The van der Waals surface area contributed by atoms with E-state index in [1.165, 1.54) is 0 Å². The number of carbonyl (C=O) groups excluding carboxylic acids is 2. The Morgan fingerprint density at radius 3 is 2.14 bits per heavy atom. The molecule has 37 heavy (non-hydrogen) atoms. The average molecular weight is 490 g/mol. The maximum atomic E-state index is 13.4. The van der Waals surface area contributed by atoms with Crippen molar-refractivity contribution >= 4 is 23.2 Å². The minimum Gasteiger partial charge on any atom is -0.497 e. The Morgan fingerprint density at radius 1 is 0.784 bits per heavy atom. The van der Waals surface area contributed by atoms with Crippen LogP contribution < -0.4 is 15.4 Å². The van der Waals surface area contributed by atoms with Gasteiger partial charge in [0.1, 0.15) is 11.4 Å². The van der Waals surface area contributed by atoms with Gasteiger partial charge in [0.2, 0.25) is 0 Å². The van der Waals surface area contributed by atoms with Crippen LogP contribution in [0.3, 0.4) is 0 Å². The van der Waals surface area contributed by atoms with Crippen molar-refractivity contribution < 1.29 is 14.3 Å². The summed E-state index contributed by atoms with van der Waals surface area (Å²) in [5.41, 5.74) is 4.12. The van der Waals surface area contributed by atoms with Gasteiger partial charge < -0.3 is 15.4 Å². The second-order valence-electron chi connectivity index (χ2n) is 8.12. The molecule has 0 saturated carbocycles. The molecule has 0 aliphatic rings. The highest BCUT2D eigenvalue weighted by molar-refractivity contribution is 6.09. The molecule has 5 aromatic rings. The number of amides is 2. The fraction of sp³-hybridized carbons (Fsp3) is 0.0345. The predicted molar refractivity (Wildman–Crippen MR) is 142 cm³/mol. The SMILES string of the molecule is COc1ccc(-c2nn(-c3ccccc3)cc2C(=O)Nc2cccc(NC(=O)c3ccncc3)c2)cc1. The standard InChI is InChI=1S/C29H23N5O3/c1-37-25-12-10-20(11-13-25)27-26(19-34(33-27)24-8-3-2-4-9-24)29(36)32-23-7-5-6-22(18-23)31-28(35)21-14-16-30-17-15-21/h2-19H,1H3,(H,31,35)(H,32,36). The lowest BCUT2D eigenvalue weighted by Gasteiger charge is -2.09. The van der Waals surface area contributed by atoms with Crippen LogP contribution in [0.2, 0.25) is 0 Å². The molecule has 8 heteroatoms. The van der Waals surface area contributed by atoms with E-state index in [1.807, 2.05) is 54.6 Å². The van der Waals surface area contributed by atoms with Gasteiger partial charge in [0.25, 0.3) is 11.8 Å². The molecule has 2 aromatic heterocycles. The summed E-state index contributed by atoms with van der Waals surface area (Å²) in [7, 11) is 1.60. The Kier molecular flexibility index (Phi) is 6.72. The van der Waals surface area contributed by atoms with Gasteiger partial charge in [0.05, 0.1) is 18.4 Å². The Morgan fingerprint density at radius 2 is 1.46 bits per heavy atom. The van der Waals surface area contributed by atoms with Crippen LogP contribution in [0.25, 0.3) is 16.9 Å². The molecule has 0 aliphatic carbocycles. The number of pyridine rings is 1. The fourth-order valence-corrected chi connectivity index (χ4v) is 3.79. The van der Waals surface area contributed by atoms with Gasteiger partial charge in [-0.2, -0.15) is 5.10 Å². The number of rotatable bonds is 7. The zero-order chi connectivity index (χ0) is 25.6. The fourth-order valence-electron chi connectivity index (χ4n) is 3.79. The number of carbonyl (C=O) groups is 2. The maximum Gasteiger partial charge on any atom is 0.259 e. The van der Waals surface area contributed by atoms with Crippen molar-refractivity contribution in [3.8, 4) is 22.7 Å². The van der Waals surface area contributed by atoms with E-state index in [9.17, 15) is 9.59 Å². The number of ether oxygens (including phenoxy) is 1. The number of anilines is 2. The molecular formula is C29H23N5O3. The summed E-state index contributed by atoms with van der Waals surface area (Å²) in [6.45, 7) is 0. The molecule has 182 valence electrons. The summed E-state index contributed by atoms with van der Waals surface area (Å²) in [6.07, 6.45) is 4.82. The van der Waals surface area contributed by atoms with Gasteiger partial charge in [-0.1, -0.05) is 24.3 Å². The number of hydrogen-bond acceptors (Lipinski definition) is 5. The quantitative estimate of drug-likeness (QED) is 0.317. The van der Waals surface area contributed by atoms with E-state index in [4.69, 9.17) is 9.84 Å². The molecule has 0 saturated heterocycles. The van der Waals surface area contributed by atoms with Gasteiger partial charge in [0.15, 0.2) is 0 Å². The highest BCUT2D eigenvalue weighted by Crippen LogP contribution is 2.27. The normalized spacial score (nSPS) is 10.5. The van der Waals surface area contributed by atoms with E-state index in [1.54, 1.807) is 66.8 Å². The number of hydrogen-bond donors (Lipinski definition) is 2. The molecule has 3 aromatic carbocycles. The van der Waals surface area contributed by atoms with Crippen molar-refractivity contribution in [3.63, 3.8) is 0 Å². The molecule has 0 aliphatic heterocycles. The molecule has 0 unspecified atom stereocenters. The Bertz CT molecular complexity index is 1530. The molecular weight excluding hydrogens is 466 g/mol. The molecule has 0 spiro atoms. The second-order valence-corrected chi connectivity index (χ2v) is 8.12. The highest BCUT2D eigenvalue weighted by Gasteiger charge is 2.19. The summed E-state index contributed by atoms with van der Waals surface area (Å²) in [5.74, 6) is 0.116. The zero-order valence-electron chi connectivity index (χ0n) is 20.0. The molecule has 5 rings (SSSR count). The molecule has 2 heterocycles. The van der Waals surface area contributed by atoms with Crippen molar-refractivity contribution in [2.24, 2.45) is 0 Å². The molecule has 8 nitrogen and oxygen atoms in total. The summed E-state index contributed by atoms with van der Waals surface area (Å²) in [6, 6.07) is 27.2. The largest absolute Gasteiger partial charge is 0.497 e. The van der Waals surface area contributed by atoms with E-state index in [-0.39, 0.29) is 11.8 Å². The Hall–Kier alpha value is -5.24.